The number of nitrogens with one attached hydrogen (secondary N) is 1. The van der Waals surface area contributed by atoms with Crippen molar-refractivity contribution in [3.63, 3.8) is 0 Å². The van der Waals surface area contributed by atoms with Crippen LogP contribution < -0.4 is 15.8 Å². The van der Waals surface area contributed by atoms with E-state index in [1.165, 1.54) is 12.3 Å². The number of hydrogen-bond acceptors (Lipinski definition) is 5. The number of nitrogens with two attached hydrogens (primary N) is 1. The Morgan fingerprint density at radius 2 is 2.00 bits per heavy atom. The number of alkyl halides is 3. The van der Waals surface area contributed by atoms with Gasteiger partial charge < -0.3 is 15.8 Å². The molecule has 0 amide bonds. The second-order valence-corrected chi connectivity index (χ2v) is 6.25. The summed E-state index contributed by atoms with van der Waals surface area (Å²) in [6.07, 6.45) is -2.98. The molecule has 130 valence electrons. The van der Waals surface area contributed by atoms with Crippen LogP contribution in [0.2, 0.25) is 0 Å². The molecule has 1 aromatic carbocycles. The standard InChI is InChI=1S/C15H16BrF3N4O/c1-8(2)22-13-11(6-21-14(20)23-13)10-4-3-9(16)5-12(10)24-7-15(17,18)19/h3-6,8H,7H2,1-2H3,(H3,20,21,22,23). The molecule has 5 nitrogen and oxygen atoms in total. The number of aromatic nitrogens is 2. The molecule has 0 aliphatic rings. The Balaban J connectivity index is 2.48. The van der Waals surface area contributed by atoms with E-state index in [1.807, 2.05) is 13.8 Å². The first-order valence-corrected chi connectivity index (χ1v) is 7.83. The second kappa shape index (κ2) is 7.25. The van der Waals surface area contributed by atoms with Crippen LogP contribution in [0.4, 0.5) is 24.9 Å². The molecule has 3 N–H and O–H groups in total. The van der Waals surface area contributed by atoms with Crippen molar-refractivity contribution < 1.29 is 17.9 Å². The van der Waals surface area contributed by atoms with E-state index in [1.54, 1.807) is 12.1 Å². The fourth-order valence-corrected chi connectivity index (χ4v) is 2.31. The van der Waals surface area contributed by atoms with E-state index in [-0.39, 0.29) is 17.7 Å². The molecule has 0 atom stereocenters. The molecule has 0 fully saturated rings. The highest BCUT2D eigenvalue weighted by molar-refractivity contribution is 9.10. The zero-order chi connectivity index (χ0) is 17.9. The van der Waals surface area contributed by atoms with Crippen molar-refractivity contribution in [2.75, 3.05) is 17.7 Å². The number of nitrogen functional groups attached to an aromatic ring is 1. The smallest absolute Gasteiger partial charge is 0.422 e. The van der Waals surface area contributed by atoms with Gasteiger partial charge in [0.15, 0.2) is 6.61 Å². The van der Waals surface area contributed by atoms with Gasteiger partial charge in [0, 0.05) is 27.8 Å². The maximum absolute atomic E-state index is 12.5. The van der Waals surface area contributed by atoms with Gasteiger partial charge in [-0.25, -0.2) is 4.98 Å². The number of nitrogens with zero attached hydrogens (tertiary/aromatic N) is 2. The van der Waals surface area contributed by atoms with E-state index in [4.69, 9.17) is 10.5 Å². The van der Waals surface area contributed by atoms with Crippen LogP contribution in [0.15, 0.2) is 28.9 Å². The number of halogens is 4. The third-order valence-corrected chi connectivity index (χ3v) is 3.35. The van der Waals surface area contributed by atoms with Crippen LogP contribution in [0.25, 0.3) is 11.1 Å². The maximum atomic E-state index is 12.5. The van der Waals surface area contributed by atoms with Gasteiger partial charge in [0.2, 0.25) is 5.95 Å². The summed E-state index contributed by atoms with van der Waals surface area (Å²) < 4.78 is 43.0. The van der Waals surface area contributed by atoms with Crippen LogP contribution in [0.1, 0.15) is 13.8 Å². The maximum Gasteiger partial charge on any atom is 0.422 e. The lowest BCUT2D eigenvalue weighted by Crippen LogP contribution is -2.19. The van der Waals surface area contributed by atoms with Crippen LogP contribution in [0, 0.1) is 0 Å². The molecular weight excluding hydrogens is 389 g/mol. The predicted molar refractivity (Wildman–Crippen MR) is 89.9 cm³/mol. The average Bonchev–Trinajstić information content (AvgIpc) is 2.45. The fourth-order valence-electron chi connectivity index (χ4n) is 1.97. The third-order valence-electron chi connectivity index (χ3n) is 2.86. The van der Waals surface area contributed by atoms with Crippen molar-refractivity contribution in [2.24, 2.45) is 0 Å². The van der Waals surface area contributed by atoms with E-state index < -0.39 is 12.8 Å². The molecule has 0 saturated carbocycles. The first kappa shape index (κ1) is 18.3. The second-order valence-electron chi connectivity index (χ2n) is 5.33. The Hall–Kier alpha value is -2.03. The van der Waals surface area contributed by atoms with Crippen molar-refractivity contribution >= 4 is 27.7 Å². The normalized spacial score (nSPS) is 11.6. The first-order chi connectivity index (χ1) is 11.2. The van der Waals surface area contributed by atoms with Crippen LogP contribution in [0.3, 0.4) is 0 Å². The molecule has 0 unspecified atom stereocenters. The van der Waals surface area contributed by atoms with Crippen molar-refractivity contribution in [3.8, 4) is 16.9 Å². The number of hydrogen-bond donors (Lipinski definition) is 2. The number of ether oxygens (including phenoxy) is 1. The summed E-state index contributed by atoms with van der Waals surface area (Å²) in [5.74, 6) is 0.565. The zero-order valence-corrected chi connectivity index (χ0v) is 14.6. The summed E-state index contributed by atoms with van der Waals surface area (Å²) in [4.78, 5) is 8.06. The van der Waals surface area contributed by atoms with Gasteiger partial charge in [0.05, 0.1) is 0 Å². The highest BCUT2D eigenvalue weighted by Gasteiger charge is 2.29. The molecule has 0 bridgehead atoms. The average molecular weight is 405 g/mol. The van der Waals surface area contributed by atoms with E-state index >= 15 is 0 Å². The van der Waals surface area contributed by atoms with Gasteiger partial charge >= 0.3 is 6.18 Å². The van der Waals surface area contributed by atoms with Crippen LogP contribution >= 0.6 is 15.9 Å². The molecule has 0 aliphatic heterocycles. The zero-order valence-electron chi connectivity index (χ0n) is 13.0. The highest BCUT2D eigenvalue weighted by Crippen LogP contribution is 2.37. The number of benzene rings is 1. The van der Waals surface area contributed by atoms with Crippen molar-refractivity contribution in [3.05, 3.63) is 28.9 Å². The van der Waals surface area contributed by atoms with Gasteiger partial charge in [-0.05, 0) is 32.0 Å². The largest absolute Gasteiger partial charge is 0.483 e. The molecule has 0 aliphatic carbocycles. The van der Waals surface area contributed by atoms with Crippen molar-refractivity contribution in [2.45, 2.75) is 26.1 Å². The summed E-state index contributed by atoms with van der Waals surface area (Å²) >= 11 is 3.23. The molecular formula is C15H16BrF3N4O. The quantitative estimate of drug-likeness (QED) is 0.778. The van der Waals surface area contributed by atoms with E-state index in [9.17, 15) is 13.2 Å². The van der Waals surface area contributed by atoms with E-state index in [0.717, 1.165) is 0 Å². The third kappa shape index (κ3) is 4.98. The summed E-state index contributed by atoms with van der Waals surface area (Å²) in [5, 5.41) is 3.11. The predicted octanol–water partition coefficient (Wildman–Crippen LogP) is 4.25. The lowest BCUT2D eigenvalue weighted by molar-refractivity contribution is -0.153. The minimum Gasteiger partial charge on any atom is -0.483 e. The molecule has 0 saturated heterocycles. The van der Waals surface area contributed by atoms with E-state index in [2.05, 4.69) is 31.2 Å². The minimum absolute atomic E-state index is 0.0491. The lowest BCUT2D eigenvalue weighted by atomic mass is 10.1. The molecule has 1 aromatic heterocycles. The lowest BCUT2D eigenvalue weighted by Gasteiger charge is -2.17. The molecule has 2 aromatic rings. The van der Waals surface area contributed by atoms with Crippen LogP contribution in [-0.4, -0.2) is 28.8 Å². The topological polar surface area (TPSA) is 73.1 Å². The van der Waals surface area contributed by atoms with Gasteiger partial charge in [-0.3, -0.25) is 0 Å². The summed E-state index contributed by atoms with van der Waals surface area (Å²) in [5.41, 5.74) is 6.55. The molecule has 0 spiro atoms. The molecule has 1 heterocycles. The van der Waals surface area contributed by atoms with Crippen LogP contribution in [0.5, 0.6) is 5.75 Å². The summed E-state index contributed by atoms with van der Waals surface area (Å²) in [6, 6.07) is 4.85. The van der Waals surface area contributed by atoms with Crippen molar-refractivity contribution in [1.82, 2.24) is 9.97 Å². The Labute approximate surface area is 145 Å². The Kier molecular flexibility index (Phi) is 5.53. The molecule has 24 heavy (non-hydrogen) atoms. The minimum atomic E-state index is -4.43. The Morgan fingerprint density at radius 3 is 2.62 bits per heavy atom. The van der Waals surface area contributed by atoms with Gasteiger partial charge in [-0.1, -0.05) is 15.9 Å². The molecule has 0 radical (unpaired) electrons. The van der Waals surface area contributed by atoms with Gasteiger partial charge in [0.1, 0.15) is 11.6 Å². The first-order valence-electron chi connectivity index (χ1n) is 7.04. The van der Waals surface area contributed by atoms with Gasteiger partial charge in [0.25, 0.3) is 0 Å². The Bertz CT molecular complexity index is 722. The molecule has 2 rings (SSSR count). The SMILES string of the molecule is CC(C)Nc1nc(N)ncc1-c1ccc(Br)cc1OCC(F)(F)F. The highest BCUT2D eigenvalue weighted by atomic mass is 79.9. The van der Waals surface area contributed by atoms with E-state index in [0.29, 0.717) is 21.4 Å². The van der Waals surface area contributed by atoms with Gasteiger partial charge in [-0.15, -0.1) is 0 Å². The Morgan fingerprint density at radius 1 is 1.29 bits per heavy atom. The number of anilines is 2. The summed E-state index contributed by atoms with van der Waals surface area (Å²) in [6.45, 7) is 2.43. The summed E-state index contributed by atoms with van der Waals surface area (Å²) in [7, 11) is 0. The van der Waals surface area contributed by atoms with Crippen molar-refractivity contribution in [1.29, 1.82) is 0 Å². The van der Waals surface area contributed by atoms with Crippen LogP contribution in [-0.2, 0) is 0 Å². The number of rotatable bonds is 5. The molecule has 9 heteroatoms. The fraction of sp³-hybridized carbons (Fsp3) is 0.333. The van der Waals surface area contributed by atoms with Gasteiger partial charge in [-0.2, -0.15) is 18.2 Å². The monoisotopic (exact) mass is 404 g/mol.